The van der Waals surface area contributed by atoms with Crippen LogP contribution in [0.15, 0.2) is 42.0 Å². The third kappa shape index (κ3) is 6.71. The van der Waals surface area contributed by atoms with Gasteiger partial charge >= 0.3 is 126 Å². The van der Waals surface area contributed by atoms with E-state index in [0.717, 1.165) is 6.42 Å². The molecule has 1 nitrogen and oxygen atoms in total. The summed E-state index contributed by atoms with van der Waals surface area (Å²) >= 11 is -0.119. The van der Waals surface area contributed by atoms with Gasteiger partial charge in [0.1, 0.15) is 0 Å². The van der Waals surface area contributed by atoms with Gasteiger partial charge < -0.3 is 0 Å². The minimum absolute atomic E-state index is 0. The van der Waals surface area contributed by atoms with E-state index < -0.39 is 0 Å². The molecule has 1 aromatic rings. The summed E-state index contributed by atoms with van der Waals surface area (Å²) in [5, 5.41) is 0. The summed E-state index contributed by atoms with van der Waals surface area (Å²) in [5.41, 5.74) is 6.09. The first-order valence-corrected chi connectivity index (χ1v) is 8.80. The molecule has 1 aliphatic carbocycles. The molecular formula is C17H25Cl2NTi. The number of hydrogen-bond donors (Lipinski definition) is 1. The van der Waals surface area contributed by atoms with Crippen molar-refractivity contribution in [1.82, 2.24) is 3.80 Å². The van der Waals surface area contributed by atoms with Gasteiger partial charge in [-0.2, -0.15) is 0 Å². The second-order valence-electron chi connectivity index (χ2n) is 6.21. The fourth-order valence-electron chi connectivity index (χ4n) is 2.24. The monoisotopic (exact) mass is 361 g/mol. The van der Waals surface area contributed by atoms with Gasteiger partial charge in [-0.1, -0.05) is 0 Å². The summed E-state index contributed by atoms with van der Waals surface area (Å²) < 4.78 is 4.90. The second kappa shape index (κ2) is 9.17. The first kappa shape index (κ1) is 21.0. The van der Waals surface area contributed by atoms with E-state index in [-0.39, 0.29) is 49.8 Å². The quantitative estimate of drug-likeness (QED) is 0.731. The van der Waals surface area contributed by atoms with Crippen LogP contribution in [-0.4, -0.2) is 5.54 Å². The molecule has 2 rings (SSSR count). The van der Waals surface area contributed by atoms with Crippen molar-refractivity contribution in [3.63, 3.8) is 0 Å². The second-order valence-corrected chi connectivity index (χ2v) is 7.70. The molecule has 0 amide bonds. The maximum atomic E-state index is 3.69. The molecule has 1 aliphatic rings. The van der Waals surface area contributed by atoms with Crippen LogP contribution in [0.4, 0.5) is 0 Å². The van der Waals surface area contributed by atoms with Gasteiger partial charge in [0.25, 0.3) is 0 Å². The summed E-state index contributed by atoms with van der Waals surface area (Å²) in [6.45, 7) is 8.92. The van der Waals surface area contributed by atoms with E-state index in [0.29, 0.717) is 0 Å². The van der Waals surface area contributed by atoms with Gasteiger partial charge in [-0.25, -0.2) is 0 Å². The molecule has 0 saturated heterocycles. The molecule has 0 atom stereocenters. The summed E-state index contributed by atoms with van der Waals surface area (Å²) in [7, 11) is 0. The van der Waals surface area contributed by atoms with Crippen molar-refractivity contribution in [2.24, 2.45) is 0 Å². The zero-order chi connectivity index (χ0) is 13.9. The molecule has 0 bridgehead atoms. The molecule has 0 heterocycles. The van der Waals surface area contributed by atoms with Gasteiger partial charge in [0.2, 0.25) is 0 Å². The Balaban J connectivity index is 0.00000200. The summed E-state index contributed by atoms with van der Waals surface area (Å²) in [6.07, 6.45) is 5.74. The fourth-order valence-corrected chi connectivity index (χ4v) is 3.99. The topological polar surface area (TPSA) is 12.0 Å². The Bertz CT molecular complexity index is 516. The zero-order valence-corrected chi connectivity index (χ0v) is 16.4. The third-order valence-corrected chi connectivity index (χ3v) is 5.47. The van der Waals surface area contributed by atoms with E-state index >= 15 is 0 Å². The molecule has 1 aromatic carbocycles. The van der Waals surface area contributed by atoms with Crippen LogP contribution in [0.1, 0.15) is 45.2 Å². The number of halogens is 2. The Hall–Kier alpha value is -0.0457. The molecule has 0 aromatic heterocycles. The smallest absolute Gasteiger partial charge is 0.147 e. The van der Waals surface area contributed by atoms with Crippen molar-refractivity contribution in [3.8, 4) is 0 Å². The molecule has 0 fully saturated rings. The normalized spacial score (nSPS) is 13.7. The molecule has 0 radical (unpaired) electrons. The average Bonchev–Trinajstić information content (AvgIpc) is 2.75. The number of nitrogens with one attached hydrogen (secondary N) is 1. The Kier molecular flexibility index (Phi) is 9.15. The van der Waals surface area contributed by atoms with Crippen LogP contribution in [0.2, 0.25) is 0 Å². The van der Waals surface area contributed by atoms with Gasteiger partial charge in [0.15, 0.2) is 0 Å². The molecule has 0 unspecified atom stereocenters. The largest absolute Gasteiger partial charge is 0.147 e. The minimum atomic E-state index is -0.119. The maximum absolute atomic E-state index is 3.69. The third-order valence-electron chi connectivity index (χ3n) is 3.15. The first-order chi connectivity index (χ1) is 8.96. The van der Waals surface area contributed by atoms with Crippen LogP contribution in [0.25, 0.3) is 5.57 Å². The molecule has 0 saturated carbocycles. The molecule has 0 spiro atoms. The van der Waals surface area contributed by atoms with Crippen LogP contribution in [0.5, 0.6) is 0 Å². The first-order valence-electron chi connectivity index (χ1n) is 6.91. The van der Waals surface area contributed by atoms with Crippen LogP contribution in [0.3, 0.4) is 0 Å². The van der Waals surface area contributed by atoms with Crippen molar-refractivity contribution in [3.05, 3.63) is 53.1 Å². The Morgan fingerprint density at radius 2 is 1.81 bits per heavy atom. The van der Waals surface area contributed by atoms with Crippen molar-refractivity contribution in [2.75, 3.05) is 0 Å². The van der Waals surface area contributed by atoms with Crippen molar-refractivity contribution >= 4 is 30.4 Å². The summed E-state index contributed by atoms with van der Waals surface area (Å²) in [5.74, 6) is 0. The molecule has 116 valence electrons. The predicted molar refractivity (Wildman–Crippen MR) is 93.9 cm³/mol. The zero-order valence-electron chi connectivity index (χ0n) is 13.2. The number of hydrogen-bond acceptors (Lipinski definition) is 1. The van der Waals surface area contributed by atoms with Gasteiger partial charge in [-0.15, -0.1) is 24.8 Å². The minimum Gasteiger partial charge on any atom is -0.147 e. The van der Waals surface area contributed by atoms with Gasteiger partial charge in [-0.3, -0.25) is 0 Å². The fraction of sp³-hybridized carbons (Fsp3) is 0.412. The van der Waals surface area contributed by atoms with Crippen LogP contribution >= 0.6 is 24.8 Å². The van der Waals surface area contributed by atoms with E-state index in [4.69, 9.17) is 0 Å². The van der Waals surface area contributed by atoms with Crippen LogP contribution in [-0.2, 0) is 24.1 Å². The number of allylic oxidation sites excluding steroid dienone is 4. The van der Waals surface area contributed by atoms with Gasteiger partial charge in [0.05, 0.1) is 0 Å². The molecule has 0 aliphatic heterocycles. The van der Waals surface area contributed by atoms with E-state index in [1.54, 1.807) is 0 Å². The van der Waals surface area contributed by atoms with Gasteiger partial charge in [-0.05, 0) is 0 Å². The molecule has 1 N–H and O–H groups in total. The Morgan fingerprint density at radius 1 is 1.14 bits per heavy atom. The maximum Gasteiger partial charge on any atom is -0.147 e. The summed E-state index contributed by atoms with van der Waals surface area (Å²) in [6, 6.07) is 8.89. The van der Waals surface area contributed by atoms with Gasteiger partial charge in [0, 0.05) is 0 Å². The molecule has 21 heavy (non-hydrogen) atoms. The summed E-state index contributed by atoms with van der Waals surface area (Å²) in [4.78, 5) is 0. The molecular weight excluding hydrogens is 337 g/mol. The van der Waals surface area contributed by atoms with Crippen molar-refractivity contribution in [2.45, 2.75) is 44.4 Å². The van der Waals surface area contributed by atoms with Crippen molar-refractivity contribution in [1.29, 1.82) is 0 Å². The van der Waals surface area contributed by atoms with Crippen LogP contribution < -0.4 is 3.80 Å². The van der Waals surface area contributed by atoms with E-state index in [2.05, 4.69) is 67.9 Å². The average molecular weight is 362 g/mol. The van der Waals surface area contributed by atoms with Crippen molar-refractivity contribution < 1.29 is 19.4 Å². The Labute approximate surface area is 150 Å². The standard InChI is InChI=1S/C13H13.C4H10N.2ClH.Ti/c1-10-7-8-12(9-10)13-6-4-3-5-11(13)2;1-4(2,3)5;;;/h3-7,9H,2,8H2,1H3;5H,1-3H3;2*1H;/q;-1;;;+1. The van der Waals surface area contributed by atoms with E-state index in [1.165, 1.54) is 27.0 Å². The predicted octanol–water partition coefficient (Wildman–Crippen LogP) is 5.15. The van der Waals surface area contributed by atoms with Crippen LogP contribution in [0, 0.1) is 0 Å². The Morgan fingerprint density at radius 3 is 2.38 bits per heavy atom. The molecule has 4 heteroatoms. The SMILES string of the molecule is CC1=CCC(c2ccccc2[CH2][Ti][NH]C(C)(C)C)=C1.Cl.Cl. The number of benzene rings is 1. The van der Waals surface area contributed by atoms with E-state index in [1.807, 2.05) is 0 Å². The number of rotatable bonds is 4. The van der Waals surface area contributed by atoms with E-state index in [9.17, 15) is 0 Å².